The highest BCUT2D eigenvalue weighted by molar-refractivity contribution is 4.86. The van der Waals surface area contributed by atoms with Crippen LogP contribution in [-0.2, 0) is 4.74 Å². The fourth-order valence-corrected chi connectivity index (χ4v) is 1.03. The van der Waals surface area contributed by atoms with Crippen molar-refractivity contribution in [2.75, 3.05) is 0 Å². The van der Waals surface area contributed by atoms with Gasteiger partial charge in [0.25, 0.3) is 0 Å². The zero-order valence-electron chi connectivity index (χ0n) is 6.08. The zero-order valence-corrected chi connectivity index (χ0v) is 6.08. The minimum atomic E-state index is -1.43. The standard InChI is InChI=1S/C6H12O5/c1-2-3(7)4(8)5(9)6(10)11-2/h2-10H,1H3/t2-,3+,4+,5+,6?/m1/s1. The lowest BCUT2D eigenvalue weighted by molar-refractivity contribution is -0.277. The Hall–Kier alpha value is -0.200. The molecule has 11 heavy (non-hydrogen) atoms. The van der Waals surface area contributed by atoms with Crippen LogP contribution in [0.5, 0.6) is 0 Å². The Kier molecular flexibility index (Phi) is 2.46. The Balaban J connectivity index is 2.63. The first-order valence-corrected chi connectivity index (χ1v) is 3.41. The van der Waals surface area contributed by atoms with Crippen molar-refractivity contribution in [1.82, 2.24) is 0 Å². The zero-order chi connectivity index (χ0) is 8.59. The van der Waals surface area contributed by atoms with Crippen LogP contribution < -0.4 is 0 Å². The van der Waals surface area contributed by atoms with Crippen molar-refractivity contribution in [3.63, 3.8) is 0 Å². The summed E-state index contributed by atoms with van der Waals surface area (Å²) in [4.78, 5) is 0. The molecule has 0 radical (unpaired) electrons. The molecule has 5 nitrogen and oxygen atoms in total. The van der Waals surface area contributed by atoms with E-state index >= 15 is 0 Å². The Morgan fingerprint density at radius 1 is 0.909 bits per heavy atom. The van der Waals surface area contributed by atoms with Crippen LogP contribution in [0.2, 0.25) is 0 Å². The molecule has 1 unspecified atom stereocenters. The quantitative estimate of drug-likeness (QED) is 0.326. The second-order valence-corrected chi connectivity index (χ2v) is 2.70. The molecule has 1 aliphatic heterocycles. The van der Waals surface area contributed by atoms with Gasteiger partial charge in [0.2, 0.25) is 0 Å². The van der Waals surface area contributed by atoms with Crippen molar-refractivity contribution in [1.29, 1.82) is 0 Å². The van der Waals surface area contributed by atoms with Gasteiger partial charge in [0, 0.05) is 0 Å². The Morgan fingerprint density at radius 2 is 1.45 bits per heavy atom. The molecule has 0 spiro atoms. The summed E-state index contributed by atoms with van der Waals surface area (Å²) < 4.78 is 4.68. The van der Waals surface area contributed by atoms with Gasteiger partial charge in [0.1, 0.15) is 18.3 Å². The summed E-state index contributed by atoms with van der Waals surface area (Å²) in [7, 11) is 0. The largest absolute Gasteiger partial charge is 0.388 e. The van der Waals surface area contributed by atoms with E-state index in [1.165, 1.54) is 6.92 Å². The van der Waals surface area contributed by atoms with Gasteiger partial charge in [0.05, 0.1) is 6.10 Å². The normalized spacial score (nSPS) is 52.6. The van der Waals surface area contributed by atoms with Gasteiger partial charge in [-0.25, -0.2) is 0 Å². The number of rotatable bonds is 0. The molecule has 0 saturated carbocycles. The molecular weight excluding hydrogens is 152 g/mol. The predicted molar refractivity (Wildman–Crippen MR) is 34.6 cm³/mol. The molecule has 66 valence electrons. The topological polar surface area (TPSA) is 90.2 Å². The van der Waals surface area contributed by atoms with Crippen LogP contribution in [0.4, 0.5) is 0 Å². The van der Waals surface area contributed by atoms with Gasteiger partial charge >= 0.3 is 0 Å². The maximum atomic E-state index is 9.09. The lowest BCUT2D eigenvalue weighted by Crippen LogP contribution is -2.56. The summed E-state index contributed by atoms with van der Waals surface area (Å²) in [5.74, 6) is 0. The van der Waals surface area contributed by atoms with E-state index in [1.807, 2.05) is 0 Å². The molecule has 1 heterocycles. The molecule has 0 bridgehead atoms. The third-order valence-corrected chi connectivity index (χ3v) is 1.83. The molecule has 0 amide bonds. The van der Waals surface area contributed by atoms with Crippen LogP contribution in [0.15, 0.2) is 0 Å². The summed E-state index contributed by atoms with van der Waals surface area (Å²) in [5.41, 5.74) is 0. The molecule has 1 aliphatic rings. The van der Waals surface area contributed by atoms with Crippen LogP contribution >= 0.6 is 0 Å². The second kappa shape index (κ2) is 3.04. The summed E-state index contributed by atoms with van der Waals surface area (Å²) in [5, 5.41) is 36.0. The van der Waals surface area contributed by atoms with Crippen molar-refractivity contribution >= 4 is 0 Å². The Morgan fingerprint density at radius 3 is 2.00 bits per heavy atom. The van der Waals surface area contributed by atoms with E-state index in [0.29, 0.717) is 0 Å². The average molecular weight is 164 g/mol. The third-order valence-electron chi connectivity index (χ3n) is 1.83. The number of aliphatic hydroxyl groups is 4. The minimum Gasteiger partial charge on any atom is -0.388 e. The lowest BCUT2D eigenvalue weighted by atomic mass is 10.0. The van der Waals surface area contributed by atoms with E-state index < -0.39 is 30.7 Å². The SMILES string of the molecule is C[C@H]1OC(O)[C@@H](O)[C@@H](O)[C@H]1O. The lowest BCUT2D eigenvalue weighted by Gasteiger charge is -2.36. The van der Waals surface area contributed by atoms with E-state index in [0.717, 1.165) is 0 Å². The highest BCUT2D eigenvalue weighted by atomic mass is 16.6. The van der Waals surface area contributed by atoms with Gasteiger partial charge in [-0.3, -0.25) is 0 Å². The molecule has 0 aromatic heterocycles. The molecule has 5 atom stereocenters. The minimum absolute atomic E-state index is 0.664. The van der Waals surface area contributed by atoms with Crippen molar-refractivity contribution < 1.29 is 25.2 Å². The van der Waals surface area contributed by atoms with Crippen molar-refractivity contribution in [3.8, 4) is 0 Å². The van der Waals surface area contributed by atoms with Gasteiger partial charge in [-0.05, 0) is 6.92 Å². The molecule has 1 saturated heterocycles. The first kappa shape index (κ1) is 8.89. The maximum Gasteiger partial charge on any atom is 0.183 e. The van der Waals surface area contributed by atoms with Crippen LogP contribution in [-0.4, -0.2) is 51.1 Å². The fourth-order valence-electron chi connectivity index (χ4n) is 1.03. The molecule has 0 aromatic carbocycles. The molecule has 0 aliphatic carbocycles. The van der Waals surface area contributed by atoms with Gasteiger partial charge in [-0.2, -0.15) is 0 Å². The van der Waals surface area contributed by atoms with Gasteiger partial charge in [-0.15, -0.1) is 0 Å². The average Bonchev–Trinajstić information content (AvgIpc) is 1.97. The van der Waals surface area contributed by atoms with Crippen LogP contribution in [0.3, 0.4) is 0 Å². The number of ether oxygens (including phenoxy) is 1. The molecule has 5 heteroatoms. The van der Waals surface area contributed by atoms with E-state index in [4.69, 9.17) is 20.4 Å². The predicted octanol–water partition coefficient (Wildman–Crippen LogP) is -2.19. The smallest absolute Gasteiger partial charge is 0.183 e. The molecule has 1 fully saturated rings. The van der Waals surface area contributed by atoms with Gasteiger partial charge < -0.3 is 25.2 Å². The molecule has 4 N–H and O–H groups in total. The van der Waals surface area contributed by atoms with Gasteiger partial charge in [-0.1, -0.05) is 0 Å². The van der Waals surface area contributed by atoms with E-state index in [9.17, 15) is 0 Å². The van der Waals surface area contributed by atoms with Crippen LogP contribution in [0.1, 0.15) is 6.92 Å². The van der Waals surface area contributed by atoms with Crippen molar-refractivity contribution in [2.45, 2.75) is 37.6 Å². The second-order valence-electron chi connectivity index (χ2n) is 2.70. The van der Waals surface area contributed by atoms with E-state index in [-0.39, 0.29) is 0 Å². The number of hydrogen-bond acceptors (Lipinski definition) is 5. The van der Waals surface area contributed by atoms with E-state index in [2.05, 4.69) is 4.74 Å². The molecular formula is C6H12O5. The van der Waals surface area contributed by atoms with Crippen LogP contribution in [0, 0.1) is 0 Å². The monoisotopic (exact) mass is 164 g/mol. The van der Waals surface area contributed by atoms with Crippen molar-refractivity contribution in [2.24, 2.45) is 0 Å². The first-order valence-electron chi connectivity index (χ1n) is 3.41. The molecule has 0 aromatic rings. The van der Waals surface area contributed by atoms with Gasteiger partial charge in [0.15, 0.2) is 6.29 Å². The molecule has 1 rings (SSSR count). The maximum absolute atomic E-state index is 9.09. The Bertz CT molecular complexity index is 125. The third kappa shape index (κ3) is 1.52. The van der Waals surface area contributed by atoms with Crippen molar-refractivity contribution in [3.05, 3.63) is 0 Å². The number of aliphatic hydroxyl groups excluding tert-OH is 4. The van der Waals surface area contributed by atoms with Crippen LogP contribution in [0.25, 0.3) is 0 Å². The summed E-state index contributed by atoms with van der Waals surface area (Å²) >= 11 is 0. The highest BCUT2D eigenvalue weighted by Crippen LogP contribution is 2.18. The first-order chi connectivity index (χ1) is 5.04. The summed E-state index contributed by atoms with van der Waals surface area (Å²) in [6, 6.07) is 0. The Labute approximate surface area is 63.8 Å². The number of hydrogen-bond donors (Lipinski definition) is 4. The van der Waals surface area contributed by atoms with E-state index in [1.54, 1.807) is 0 Å². The fraction of sp³-hybridized carbons (Fsp3) is 1.00. The highest BCUT2D eigenvalue weighted by Gasteiger charge is 2.40. The summed E-state index contributed by atoms with van der Waals surface area (Å²) in [6.07, 6.45) is -5.99. The summed E-state index contributed by atoms with van der Waals surface area (Å²) in [6.45, 7) is 1.50.